The molecule has 0 radical (unpaired) electrons. The molecule has 0 aliphatic carbocycles. The van der Waals surface area contributed by atoms with Crippen LogP contribution in [-0.4, -0.2) is 25.7 Å². The molecule has 3 nitrogen and oxygen atoms in total. The van der Waals surface area contributed by atoms with Crippen LogP contribution in [0.1, 0.15) is 28.3 Å². The zero-order valence-corrected chi connectivity index (χ0v) is 17.5. The molecule has 0 bridgehead atoms. The normalized spacial score (nSPS) is 16.2. The van der Waals surface area contributed by atoms with Crippen LogP contribution >= 0.6 is 11.6 Å². The Morgan fingerprint density at radius 2 is 1.73 bits per heavy atom. The lowest BCUT2D eigenvalue weighted by molar-refractivity contribution is 0.203. The Labute approximate surface area is 179 Å². The fourth-order valence-corrected chi connectivity index (χ4v) is 4.31. The second-order valence-electron chi connectivity index (χ2n) is 7.33. The van der Waals surface area contributed by atoms with E-state index >= 15 is 0 Å². The van der Waals surface area contributed by atoms with Gasteiger partial charge in [-0.2, -0.15) is 0 Å². The average Bonchev–Trinajstić information content (AvgIpc) is 2.75. The second-order valence-corrected chi connectivity index (χ2v) is 7.77. The lowest BCUT2D eigenvalue weighted by Crippen LogP contribution is -2.35. The van der Waals surface area contributed by atoms with Crippen LogP contribution in [-0.2, 0) is 13.0 Å². The van der Waals surface area contributed by atoms with Crippen molar-refractivity contribution in [2.75, 3.05) is 20.8 Å². The Hall–Kier alpha value is -2.63. The third kappa shape index (κ3) is 4.00. The highest BCUT2D eigenvalue weighted by atomic mass is 35.5. The SMILES string of the molecule is COc1cc2c(cc1OC)[C@@H](c1cccc(Cl)c1)N(Cc1ccc(F)c(F)c1)CC2. The average molecular weight is 430 g/mol. The van der Waals surface area contributed by atoms with Crippen molar-refractivity contribution >= 4 is 11.6 Å². The van der Waals surface area contributed by atoms with E-state index in [0.717, 1.165) is 24.1 Å². The molecule has 30 heavy (non-hydrogen) atoms. The Bertz CT molecular complexity index is 1070. The minimum atomic E-state index is -0.842. The van der Waals surface area contributed by atoms with Gasteiger partial charge in [0.2, 0.25) is 0 Å². The minimum absolute atomic E-state index is 0.111. The third-order valence-electron chi connectivity index (χ3n) is 5.51. The largest absolute Gasteiger partial charge is 0.493 e. The Morgan fingerprint density at radius 3 is 2.43 bits per heavy atom. The third-order valence-corrected chi connectivity index (χ3v) is 5.74. The van der Waals surface area contributed by atoms with Crippen LogP contribution < -0.4 is 9.47 Å². The van der Waals surface area contributed by atoms with Crippen molar-refractivity contribution in [2.45, 2.75) is 19.0 Å². The first-order valence-corrected chi connectivity index (χ1v) is 10.1. The van der Waals surface area contributed by atoms with Gasteiger partial charge in [0.05, 0.1) is 20.3 Å². The zero-order valence-electron chi connectivity index (χ0n) is 16.8. The van der Waals surface area contributed by atoms with E-state index < -0.39 is 11.6 Å². The molecule has 0 spiro atoms. The summed E-state index contributed by atoms with van der Waals surface area (Å²) in [6.07, 6.45) is 0.802. The Morgan fingerprint density at radius 1 is 0.967 bits per heavy atom. The number of nitrogens with zero attached hydrogens (tertiary/aromatic N) is 1. The zero-order chi connectivity index (χ0) is 21.3. The highest BCUT2D eigenvalue weighted by molar-refractivity contribution is 6.30. The van der Waals surface area contributed by atoms with Crippen molar-refractivity contribution < 1.29 is 18.3 Å². The van der Waals surface area contributed by atoms with Crippen LogP contribution in [0.3, 0.4) is 0 Å². The number of hydrogen-bond acceptors (Lipinski definition) is 3. The van der Waals surface area contributed by atoms with Gasteiger partial charge in [0.15, 0.2) is 23.1 Å². The van der Waals surface area contributed by atoms with Crippen molar-refractivity contribution in [3.05, 3.63) is 93.5 Å². The number of rotatable bonds is 5. The molecule has 0 saturated heterocycles. The van der Waals surface area contributed by atoms with E-state index in [0.29, 0.717) is 28.6 Å². The van der Waals surface area contributed by atoms with E-state index in [4.69, 9.17) is 21.1 Å². The summed E-state index contributed by atoms with van der Waals surface area (Å²) in [5.74, 6) is -0.338. The molecule has 1 aliphatic heterocycles. The molecule has 156 valence electrons. The van der Waals surface area contributed by atoms with Crippen LogP contribution in [0.4, 0.5) is 8.78 Å². The predicted octanol–water partition coefficient (Wildman–Crippen LogP) is 5.78. The summed E-state index contributed by atoms with van der Waals surface area (Å²) >= 11 is 6.29. The molecule has 1 heterocycles. The molecular weight excluding hydrogens is 408 g/mol. The van der Waals surface area contributed by atoms with Crippen LogP contribution in [0.25, 0.3) is 0 Å². The van der Waals surface area contributed by atoms with E-state index in [9.17, 15) is 8.78 Å². The monoisotopic (exact) mass is 429 g/mol. The van der Waals surface area contributed by atoms with Gasteiger partial charge in [-0.1, -0.05) is 29.8 Å². The maximum Gasteiger partial charge on any atom is 0.161 e. The molecule has 0 N–H and O–H groups in total. The number of benzene rings is 3. The molecule has 0 amide bonds. The van der Waals surface area contributed by atoms with Gasteiger partial charge in [0, 0.05) is 18.1 Å². The maximum atomic E-state index is 13.8. The number of hydrogen-bond donors (Lipinski definition) is 0. The van der Waals surface area contributed by atoms with Gasteiger partial charge in [0.25, 0.3) is 0 Å². The number of fused-ring (bicyclic) bond motifs is 1. The van der Waals surface area contributed by atoms with Crippen LogP contribution in [0.2, 0.25) is 5.02 Å². The molecule has 0 aromatic heterocycles. The van der Waals surface area contributed by atoms with Gasteiger partial charge < -0.3 is 9.47 Å². The van der Waals surface area contributed by atoms with Gasteiger partial charge >= 0.3 is 0 Å². The molecule has 4 rings (SSSR count). The summed E-state index contributed by atoms with van der Waals surface area (Å²) in [5.41, 5.74) is 3.99. The summed E-state index contributed by atoms with van der Waals surface area (Å²) in [5, 5.41) is 0.646. The summed E-state index contributed by atoms with van der Waals surface area (Å²) in [6, 6.07) is 15.7. The quantitative estimate of drug-likeness (QED) is 0.513. The van der Waals surface area contributed by atoms with Gasteiger partial charge in [-0.15, -0.1) is 0 Å². The summed E-state index contributed by atoms with van der Waals surface area (Å²) in [7, 11) is 3.23. The summed E-state index contributed by atoms with van der Waals surface area (Å²) in [4.78, 5) is 2.24. The molecule has 3 aromatic carbocycles. The molecule has 1 aliphatic rings. The first kappa shape index (κ1) is 20.6. The lowest BCUT2D eigenvalue weighted by Gasteiger charge is -2.38. The van der Waals surface area contributed by atoms with E-state index in [1.165, 1.54) is 17.7 Å². The van der Waals surface area contributed by atoms with Crippen molar-refractivity contribution in [2.24, 2.45) is 0 Å². The lowest BCUT2D eigenvalue weighted by atomic mass is 9.87. The topological polar surface area (TPSA) is 21.7 Å². The van der Waals surface area contributed by atoms with Gasteiger partial charge in [-0.3, -0.25) is 4.90 Å². The van der Waals surface area contributed by atoms with Crippen molar-refractivity contribution in [3.8, 4) is 11.5 Å². The van der Waals surface area contributed by atoms with Crippen LogP contribution in [0.5, 0.6) is 11.5 Å². The molecule has 0 saturated carbocycles. The maximum absolute atomic E-state index is 13.8. The van der Waals surface area contributed by atoms with E-state index in [-0.39, 0.29) is 6.04 Å². The number of ether oxygens (including phenoxy) is 2. The highest BCUT2D eigenvalue weighted by Gasteiger charge is 2.30. The van der Waals surface area contributed by atoms with E-state index in [1.807, 2.05) is 36.4 Å². The smallest absolute Gasteiger partial charge is 0.161 e. The predicted molar refractivity (Wildman–Crippen MR) is 113 cm³/mol. The fraction of sp³-hybridized carbons (Fsp3) is 0.250. The standard InChI is InChI=1S/C24H22ClF2NO2/c1-29-22-12-16-8-9-28(14-15-6-7-20(26)21(27)10-15)24(19(16)13-23(22)30-2)17-4-3-5-18(25)11-17/h3-7,10-13,24H,8-9,14H2,1-2H3/t24-/m1/s1. The summed E-state index contributed by atoms with van der Waals surface area (Å²) in [6.45, 7) is 1.22. The Kier molecular flexibility index (Phi) is 5.93. The minimum Gasteiger partial charge on any atom is -0.493 e. The molecular formula is C24H22ClF2NO2. The van der Waals surface area contributed by atoms with Crippen LogP contribution in [0.15, 0.2) is 54.6 Å². The number of methoxy groups -OCH3 is 2. The van der Waals surface area contributed by atoms with Crippen molar-refractivity contribution in [3.63, 3.8) is 0 Å². The van der Waals surface area contributed by atoms with Gasteiger partial charge in [-0.05, 0) is 65.1 Å². The first-order valence-electron chi connectivity index (χ1n) is 9.68. The number of halogens is 3. The molecule has 1 atom stereocenters. The highest BCUT2D eigenvalue weighted by Crippen LogP contribution is 2.42. The molecule has 3 aromatic rings. The van der Waals surface area contributed by atoms with E-state index in [1.54, 1.807) is 20.3 Å². The molecule has 0 fully saturated rings. The Balaban J connectivity index is 1.80. The van der Waals surface area contributed by atoms with Crippen molar-refractivity contribution in [1.29, 1.82) is 0 Å². The molecule has 0 unspecified atom stereocenters. The van der Waals surface area contributed by atoms with E-state index in [2.05, 4.69) is 4.90 Å². The van der Waals surface area contributed by atoms with Gasteiger partial charge in [-0.25, -0.2) is 8.78 Å². The van der Waals surface area contributed by atoms with Crippen molar-refractivity contribution in [1.82, 2.24) is 4.90 Å². The van der Waals surface area contributed by atoms with Gasteiger partial charge in [0.1, 0.15) is 0 Å². The second kappa shape index (κ2) is 8.62. The molecule has 6 heteroatoms. The fourth-order valence-electron chi connectivity index (χ4n) is 4.11. The summed E-state index contributed by atoms with van der Waals surface area (Å²) < 4.78 is 38.2. The first-order chi connectivity index (χ1) is 14.5. The van der Waals surface area contributed by atoms with Crippen LogP contribution in [0, 0.1) is 11.6 Å².